The molecule has 0 aliphatic heterocycles. The molecule has 0 saturated heterocycles. The average molecular weight is 417 g/mol. The summed E-state index contributed by atoms with van der Waals surface area (Å²) >= 11 is 0. The van der Waals surface area contributed by atoms with E-state index >= 15 is 0 Å². The second kappa shape index (κ2) is 8.64. The highest BCUT2D eigenvalue weighted by Crippen LogP contribution is 2.66. The van der Waals surface area contributed by atoms with E-state index in [0.29, 0.717) is 24.5 Å². The van der Waals surface area contributed by atoms with Crippen molar-refractivity contribution in [1.29, 1.82) is 0 Å². The normalized spacial score (nSPS) is 42.2. The van der Waals surface area contributed by atoms with Gasteiger partial charge in [0.05, 0.1) is 18.0 Å². The SMILES string of the molecule is CCO/N=C(\CO)C1CCC2C3CCC4=C/C(=N/OCC)CCC4(C)C3CCC12C. The lowest BCUT2D eigenvalue weighted by Crippen LogP contribution is -2.51. The van der Waals surface area contributed by atoms with Crippen molar-refractivity contribution in [2.75, 3.05) is 19.8 Å². The van der Waals surface area contributed by atoms with Crippen LogP contribution in [0.25, 0.3) is 0 Å². The van der Waals surface area contributed by atoms with Crippen molar-refractivity contribution in [2.45, 2.75) is 79.1 Å². The van der Waals surface area contributed by atoms with Crippen molar-refractivity contribution < 1.29 is 14.8 Å². The monoisotopic (exact) mass is 416 g/mol. The Kier molecular flexibility index (Phi) is 6.30. The Labute approximate surface area is 182 Å². The molecular weight excluding hydrogens is 376 g/mol. The van der Waals surface area contributed by atoms with Gasteiger partial charge in [0, 0.05) is 5.92 Å². The van der Waals surface area contributed by atoms with Crippen LogP contribution >= 0.6 is 0 Å². The summed E-state index contributed by atoms with van der Waals surface area (Å²) in [6.07, 6.45) is 12.0. The van der Waals surface area contributed by atoms with E-state index in [1.807, 2.05) is 13.8 Å². The highest BCUT2D eigenvalue weighted by molar-refractivity contribution is 5.96. The average Bonchev–Trinajstić information content (AvgIpc) is 3.10. The van der Waals surface area contributed by atoms with Gasteiger partial charge < -0.3 is 14.8 Å². The Morgan fingerprint density at radius 3 is 2.57 bits per heavy atom. The first-order valence-corrected chi connectivity index (χ1v) is 12.2. The van der Waals surface area contributed by atoms with Crippen molar-refractivity contribution in [2.24, 2.45) is 44.8 Å². The lowest BCUT2D eigenvalue weighted by molar-refractivity contribution is -0.0416. The van der Waals surface area contributed by atoms with Crippen LogP contribution in [-0.2, 0) is 9.68 Å². The summed E-state index contributed by atoms with van der Waals surface area (Å²) in [5, 5.41) is 18.7. The van der Waals surface area contributed by atoms with Gasteiger partial charge in [-0.15, -0.1) is 0 Å². The Morgan fingerprint density at radius 1 is 1.03 bits per heavy atom. The minimum atomic E-state index is 0.0214. The summed E-state index contributed by atoms with van der Waals surface area (Å²) < 4.78 is 0. The van der Waals surface area contributed by atoms with E-state index in [1.54, 1.807) is 5.57 Å². The van der Waals surface area contributed by atoms with Gasteiger partial charge in [0.25, 0.3) is 0 Å². The van der Waals surface area contributed by atoms with Gasteiger partial charge in [0.2, 0.25) is 0 Å². The second-order valence-electron chi connectivity index (χ2n) is 10.3. The van der Waals surface area contributed by atoms with Crippen LogP contribution in [0.4, 0.5) is 0 Å². The number of hydrogen-bond donors (Lipinski definition) is 1. The molecule has 0 bridgehead atoms. The predicted molar refractivity (Wildman–Crippen MR) is 120 cm³/mol. The van der Waals surface area contributed by atoms with Crippen LogP contribution in [-0.4, -0.2) is 36.4 Å². The Balaban J connectivity index is 1.57. The highest BCUT2D eigenvalue weighted by Gasteiger charge is 2.59. The highest BCUT2D eigenvalue weighted by atomic mass is 16.6. The van der Waals surface area contributed by atoms with Gasteiger partial charge in [-0.1, -0.05) is 29.7 Å². The summed E-state index contributed by atoms with van der Waals surface area (Å²) in [4.78, 5) is 10.7. The molecular formula is C25H40N2O3. The standard InChI is InChI=1S/C25H40N2O3/c1-5-29-26-18-11-13-24(3)17(15-18)7-8-19-20-9-10-22(23(16-28)27-30-6-2)25(20,4)14-12-21(19)24/h15,19-22,28H,5-14,16H2,1-4H3/b26-18+,27-23+. The number of fused-ring (bicyclic) bond motifs is 5. The molecule has 0 aromatic heterocycles. The van der Waals surface area contributed by atoms with Gasteiger partial charge in [-0.3, -0.25) is 0 Å². The van der Waals surface area contributed by atoms with Gasteiger partial charge in [0.15, 0.2) is 0 Å². The fraction of sp³-hybridized carbons (Fsp3) is 0.840. The van der Waals surface area contributed by atoms with E-state index in [1.165, 1.54) is 38.5 Å². The first-order valence-electron chi connectivity index (χ1n) is 12.2. The van der Waals surface area contributed by atoms with Crippen molar-refractivity contribution in [1.82, 2.24) is 0 Å². The van der Waals surface area contributed by atoms with E-state index in [-0.39, 0.29) is 12.0 Å². The lowest BCUT2D eigenvalue weighted by Gasteiger charge is -2.58. The maximum absolute atomic E-state index is 9.99. The summed E-state index contributed by atoms with van der Waals surface area (Å²) in [5.41, 5.74) is 4.17. The van der Waals surface area contributed by atoms with Crippen LogP contribution in [0.15, 0.2) is 22.0 Å². The Hall–Kier alpha value is -1.36. The smallest absolute Gasteiger partial charge is 0.114 e. The Bertz CT molecular complexity index is 730. The van der Waals surface area contributed by atoms with E-state index in [9.17, 15) is 5.11 Å². The maximum atomic E-state index is 9.99. The molecule has 4 aliphatic carbocycles. The fourth-order valence-electron chi connectivity index (χ4n) is 7.69. The molecule has 6 unspecified atom stereocenters. The summed E-state index contributed by atoms with van der Waals surface area (Å²) in [5.74, 6) is 2.65. The molecule has 0 amide bonds. The molecule has 0 spiro atoms. The minimum Gasteiger partial charge on any atom is -0.396 e. The first-order chi connectivity index (χ1) is 14.5. The van der Waals surface area contributed by atoms with Gasteiger partial charge in [-0.25, -0.2) is 0 Å². The zero-order valence-corrected chi connectivity index (χ0v) is 19.3. The molecule has 3 saturated carbocycles. The number of hydrogen-bond acceptors (Lipinski definition) is 5. The van der Waals surface area contributed by atoms with Gasteiger partial charge >= 0.3 is 0 Å². The lowest BCUT2D eigenvalue weighted by atomic mass is 9.46. The third-order valence-electron chi connectivity index (χ3n) is 9.16. The predicted octanol–water partition coefficient (Wildman–Crippen LogP) is 5.34. The van der Waals surface area contributed by atoms with Crippen LogP contribution < -0.4 is 0 Å². The zero-order chi connectivity index (χ0) is 21.4. The molecule has 4 aliphatic rings. The molecule has 1 N–H and O–H groups in total. The molecule has 0 radical (unpaired) electrons. The molecule has 0 aromatic carbocycles. The Morgan fingerprint density at radius 2 is 1.83 bits per heavy atom. The van der Waals surface area contributed by atoms with Crippen molar-refractivity contribution in [3.63, 3.8) is 0 Å². The molecule has 0 heterocycles. The molecule has 3 fully saturated rings. The van der Waals surface area contributed by atoms with Gasteiger partial charge in [-0.2, -0.15) is 0 Å². The number of nitrogens with zero attached hydrogens (tertiary/aromatic N) is 2. The summed E-state index contributed by atoms with van der Waals surface area (Å²) in [6, 6.07) is 0. The largest absolute Gasteiger partial charge is 0.396 e. The van der Waals surface area contributed by atoms with Gasteiger partial charge in [0.1, 0.15) is 13.2 Å². The van der Waals surface area contributed by atoms with Crippen molar-refractivity contribution in [3.8, 4) is 0 Å². The quantitative estimate of drug-likeness (QED) is 0.469. The second-order valence-corrected chi connectivity index (χ2v) is 10.3. The molecule has 5 heteroatoms. The van der Waals surface area contributed by atoms with Gasteiger partial charge in [-0.05, 0) is 99.9 Å². The molecule has 168 valence electrons. The fourth-order valence-corrected chi connectivity index (χ4v) is 7.69. The maximum Gasteiger partial charge on any atom is 0.114 e. The number of rotatable bonds is 6. The number of aliphatic hydroxyl groups excluding tert-OH is 1. The van der Waals surface area contributed by atoms with E-state index in [2.05, 4.69) is 30.2 Å². The first kappa shape index (κ1) is 21.9. The number of aliphatic hydroxyl groups is 1. The van der Waals surface area contributed by atoms with E-state index in [0.717, 1.165) is 42.0 Å². The third-order valence-corrected chi connectivity index (χ3v) is 9.16. The van der Waals surface area contributed by atoms with Crippen LogP contribution in [0.3, 0.4) is 0 Å². The third kappa shape index (κ3) is 3.51. The minimum absolute atomic E-state index is 0.0214. The zero-order valence-electron chi connectivity index (χ0n) is 19.3. The van der Waals surface area contributed by atoms with Crippen LogP contribution in [0.5, 0.6) is 0 Å². The molecule has 6 atom stereocenters. The molecule has 5 nitrogen and oxygen atoms in total. The topological polar surface area (TPSA) is 63.4 Å². The van der Waals surface area contributed by atoms with Crippen LogP contribution in [0, 0.1) is 34.5 Å². The van der Waals surface area contributed by atoms with E-state index in [4.69, 9.17) is 9.68 Å². The van der Waals surface area contributed by atoms with Crippen molar-refractivity contribution in [3.05, 3.63) is 11.6 Å². The molecule has 30 heavy (non-hydrogen) atoms. The van der Waals surface area contributed by atoms with E-state index < -0.39 is 0 Å². The van der Waals surface area contributed by atoms with Crippen LogP contribution in [0.2, 0.25) is 0 Å². The summed E-state index contributed by atoms with van der Waals surface area (Å²) in [6.45, 7) is 10.2. The van der Waals surface area contributed by atoms with Crippen LogP contribution in [0.1, 0.15) is 79.1 Å². The number of allylic oxidation sites excluding steroid dienone is 2. The molecule has 0 aromatic rings. The van der Waals surface area contributed by atoms with Crippen molar-refractivity contribution >= 4 is 11.4 Å². The summed E-state index contributed by atoms with van der Waals surface area (Å²) in [7, 11) is 0. The number of oxime groups is 2. The molecule has 4 rings (SSSR count).